The van der Waals surface area contributed by atoms with Crippen molar-refractivity contribution in [2.24, 2.45) is 0 Å². The van der Waals surface area contributed by atoms with Crippen LogP contribution in [0.25, 0.3) is 0 Å². The first-order valence-electron chi connectivity index (χ1n) is 6.99. The average Bonchev–Trinajstić information content (AvgIpc) is 2.50. The maximum absolute atomic E-state index is 12.4. The zero-order valence-electron chi connectivity index (χ0n) is 12.4. The average molecular weight is 383 g/mol. The SMILES string of the molecule is CC[C@@H](Oc1ccccc1C)C(=O)Nc1ccc(Br)c(Cl)c1. The number of amides is 1. The third-order valence-electron chi connectivity index (χ3n) is 3.21. The van der Waals surface area contributed by atoms with E-state index in [2.05, 4.69) is 21.2 Å². The third-order valence-corrected chi connectivity index (χ3v) is 4.45. The molecule has 116 valence electrons. The van der Waals surface area contributed by atoms with Crippen LogP contribution in [0, 0.1) is 6.92 Å². The summed E-state index contributed by atoms with van der Waals surface area (Å²) in [5.74, 6) is 0.530. The number of hydrogen-bond acceptors (Lipinski definition) is 2. The molecule has 0 spiro atoms. The van der Waals surface area contributed by atoms with Crippen LogP contribution >= 0.6 is 27.5 Å². The minimum absolute atomic E-state index is 0.191. The Morgan fingerprint density at radius 2 is 2.05 bits per heavy atom. The molecule has 1 atom stereocenters. The number of ether oxygens (including phenoxy) is 1. The summed E-state index contributed by atoms with van der Waals surface area (Å²) in [6.45, 7) is 3.87. The van der Waals surface area contributed by atoms with Crippen LogP contribution in [0.2, 0.25) is 5.02 Å². The Bertz CT molecular complexity index is 675. The minimum Gasteiger partial charge on any atom is -0.480 e. The molecule has 0 heterocycles. The summed E-state index contributed by atoms with van der Waals surface area (Å²) < 4.78 is 6.62. The molecule has 0 bridgehead atoms. The predicted molar refractivity (Wildman–Crippen MR) is 93.7 cm³/mol. The highest BCUT2D eigenvalue weighted by atomic mass is 79.9. The lowest BCUT2D eigenvalue weighted by atomic mass is 10.2. The van der Waals surface area contributed by atoms with Crippen molar-refractivity contribution in [3.63, 3.8) is 0 Å². The van der Waals surface area contributed by atoms with Crippen molar-refractivity contribution in [1.82, 2.24) is 0 Å². The molecule has 0 unspecified atom stereocenters. The van der Waals surface area contributed by atoms with Gasteiger partial charge >= 0.3 is 0 Å². The lowest BCUT2D eigenvalue weighted by Crippen LogP contribution is -2.32. The minimum atomic E-state index is -0.552. The van der Waals surface area contributed by atoms with Crippen LogP contribution in [0.15, 0.2) is 46.9 Å². The molecule has 2 aromatic rings. The van der Waals surface area contributed by atoms with Crippen LogP contribution in [-0.2, 0) is 4.79 Å². The maximum atomic E-state index is 12.4. The molecular formula is C17H17BrClNO2. The van der Waals surface area contributed by atoms with Gasteiger partial charge in [-0.3, -0.25) is 4.79 Å². The van der Waals surface area contributed by atoms with Crippen molar-refractivity contribution in [2.75, 3.05) is 5.32 Å². The Kier molecular flexibility index (Phi) is 5.86. The molecular weight excluding hydrogens is 366 g/mol. The number of hydrogen-bond donors (Lipinski definition) is 1. The van der Waals surface area contributed by atoms with Crippen molar-refractivity contribution in [2.45, 2.75) is 26.4 Å². The Morgan fingerprint density at radius 3 is 2.68 bits per heavy atom. The molecule has 0 saturated heterocycles. The largest absolute Gasteiger partial charge is 0.480 e. The van der Waals surface area contributed by atoms with Crippen LogP contribution in [0.1, 0.15) is 18.9 Å². The van der Waals surface area contributed by atoms with Crippen molar-refractivity contribution < 1.29 is 9.53 Å². The number of para-hydroxylation sites is 1. The first-order chi connectivity index (χ1) is 10.5. The van der Waals surface area contributed by atoms with Crippen LogP contribution in [0.5, 0.6) is 5.75 Å². The van der Waals surface area contributed by atoms with Gasteiger partial charge in [-0.05, 0) is 59.1 Å². The summed E-state index contributed by atoms with van der Waals surface area (Å²) >= 11 is 9.35. The number of nitrogens with one attached hydrogen (secondary N) is 1. The lowest BCUT2D eigenvalue weighted by molar-refractivity contribution is -0.122. The van der Waals surface area contributed by atoms with Gasteiger partial charge in [-0.2, -0.15) is 0 Å². The van der Waals surface area contributed by atoms with Crippen molar-refractivity contribution in [3.8, 4) is 5.75 Å². The number of rotatable bonds is 5. The summed E-state index contributed by atoms with van der Waals surface area (Å²) in [6.07, 6.45) is 0.0215. The molecule has 1 amide bonds. The van der Waals surface area contributed by atoms with E-state index < -0.39 is 6.10 Å². The molecule has 5 heteroatoms. The number of carbonyl (C=O) groups excluding carboxylic acids is 1. The van der Waals surface area contributed by atoms with Gasteiger partial charge in [0.25, 0.3) is 5.91 Å². The molecule has 2 rings (SSSR count). The van der Waals surface area contributed by atoms with E-state index in [1.807, 2.05) is 38.1 Å². The number of aryl methyl sites for hydroxylation is 1. The van der Waals surface area contributed by atoms with Gasteiger partial charge in [-0.15, -0.1) is 0 Å². The Balaban J connectivity index is 2.08. The first-order valence-corrected chi connectivity index (χ1v) is 8.16. The van der Waals surface area contributed by atoms with Gasteiger partial charge < -0.3 is 10.1 Å². The summed E-state index contributed by atoms with van der Waals surface area (Å²) in [5.41, 5.74) is 1.64. The van der Waals surface area contributed by atoms with Gasteiger partial charge in [-0.1, -0.05) is 36.7 Å². The first kappa shape index (κ1) is 16.8. The second-order valence-corrected chi connectivity index (χ2v) is 6.16. The van der Waals surface area contributed by atoms with Gasteiger partial charge in [0.2, 0.25) is 0 Å². The summed E-state index contributed by atoms with van der Waals surface area (Å²) in [5, 5.41) is 3.38. The van der Waals surface area contributed by atoms with E-state index >= 15 is 0 Å². The van der Waals surface area contributed by atoms with E-state index in [9.17, 15) is 4.79 Å². The van der Waals surface area contributed by atoms with Gasteiger partial charge in [-0.25, -0.2) is 0 Å². The Morgan fingerprint density at radius 1 is 1.32 bits per heavy atom. The van der Waals surface area contributed by atoms with Crippen LogP contribution in [0.4, 0.5) is 5.69 Å². The molecule has 1 N–H and O–H groups in total. The van der Waals surface area contributed by atoms with E-state index in [1.54, 1.807) is 18.2 Å². The second kappa shape index (κ2) is 7.65. The topological polar surface area (TPSA) is 38.3 Å². The van der Waals surface area contributed by atoms with Gasteiger partial charge in [0.05, 0.1) is 5.02 Å². The molecule has 0 aliphatic rings. The van der Waals surface area contributed by atoms with E-state index in [4.69, 9.17) is 16.3 Å². The molecule has 22 heavy (non-hydrogen) atoms. The molecule has 0 aliphatic heterocycles. The monoisotopic (exact) mass is 381 g/mol. The summed E-state index contributed by atoms with van der Waals surface area (Å²) in [4.78, 5) is 12.4. The predicted octanol–water partition coefficient (Wildman–Crippen LogP) is 5.21. The molecule has 3 nitrogen and oxygen atoms in total. The Labute approximate surface area is 143 Å². The molecule has 0 radical (unpaired) electrons. The summed E-state index contributed by atoms with van der Waals surface area (Å²) in [7, 11) is 0. The third kappa shape index (κ3) is 4.24. The fourth-order valence-electron chi connectivity index (χ4n) is 1.96. The van der Waals surface area contributed by atoms with Crippen LogP contribution < -0.4 is 10.1 Å². The van der Waals surface area contributed by atoms with E-state index in [0.29, 0.717) is 17.1 Å². The molecule has 0 aliphatic carbocycles. The molecule has 0 saturated carbocycles. The fourth-order valence-corrected chi connectivity index (χ4v) is 2.39. The van der Waals surface area contributed by atoms with Crippen LogP contribution in [0.3, 0.4) is 0 Å². The van der Waals surface area contributed by atoms with Crippen LogP contribution in [-0.4, -0.2) is 12.0 Å². The lowest BCUT2D eigenvalue weighted by Gasteiger charge is -2.18. The van der Waals surface area contributed by atoms with Crippen molar-refractivity contribution in [3.05, 3.63) is 57.5 Å². The van der Waals surface area contributed by atoms with E-state index in [-0.39, 0.29) is 5.91 Å². The van der Waals surface area contributed by atoms with Gasteiger partial charge in [0.1, 0.15) is 5.75 Å². The molecule has 2 aromatic carbocycles. The van der Waals surface area contributed by atoms with Crippen molar-refractivity contribution in [1.29, 1.82) is 0 Å². The highest BCUT2D eigenvalue weighted by molar-refractivity contribution is 9.10. The number of anilines is 1. The standard InChI is InChI=1S/C17H17BrClNO2/c1-3-15(22-16-7-5-4-6-11(16)2)17(21)20-12-8-9-13(18)14(19)10-12/h4-10,15H,3H2,1-2H3,(H,20,21)/t15-/m1/s1. The highest BCUT2D eigenvalue weighted by Gasteiger charge is 2.19. The van der Waals surface area contributed by atoms with E-state index in [1.165, 1.54) is 0 Å². The Hall–Kier alpha value is -1.52. The van der Waals surface area contributed by atoms with Gasteiger partial charge in [0.15, 0.2) is 6.10 Å². The highest BCUT2D eigenvalue weighted by Crippen LogP contribution is 2.26. The number of benzene rings is 2. The number of halogens is 2. The van der Waals surface area contributed by atoms with E-state index in [0.717, 1.165) is 15.8 Å². The van der Waals surface area contributed by atoms with Crippen molar-refractivity contribution >= 4 is 39.1 Å². The normalized spacial score (nSPS) is 11.8. The zero-order valence-corrected chi connectivity index (χ0v) is 14.7. The zero-order chi connectivity index (χ0) is 16.1. The summed E-state index contributed by atoms with van der Waals surface area (Å²) in [6, 6.07) is 12.9. The molecule has 0 aromatic heterocycles. The second-order valence-electron chi connectivity index (χ2n) is 4.90. The maximum Gasteiger partial charge on any atom is 0.265 e. The van der Waals surface area contributed by atoms with Gasteiger partial charge in [0, 0.05) is 10.2 Å². The molecule has 0 fully saturated rings. The number of carbonyl (C=O) groups is 1. The smallest absolute Gasteiger partial charge is 0.265 e. The fraction of sp³-hybridized carbons (Fsp3) is 0.235. The quantitative estimate of drug-likeness (QED) is 0.771.